The Bertz CT molecular complexity index is 736. The van der Waals surface area contributed by atoms with Crippen molar-refractivity contribution in [2.24, 2.45) is 0 Å². The van der Waals surface area contributed by atoms with E-state index < -0.39 is 0 Å². The van der Waals surface area contributed by atoms with E-state index in [-0.39, 0.29) is 11.3 Å². The van der Waals surface area contributed by atoms with Crippen molar-refractivity contribution in [1.82, 2.24) is 9.80 Å². The SMILES string of the molecule is CN(C)Cc1ccc(CSCCN2C(=O)CSC2COCc2ccccc2)o1. The number of benzene rings is 1. The maximum atomic E-state index is 12.2. The van der Waals surface area contributed by atoms with Crippen LogP contribution in [-0.2, 0) is 28.4 Å². The Morgan fingerprint density at radius 2 is 2.00 bits per heavy atom. The Hall–Kier alpha value is -1.41. The molecule has 0 radical (unpaired) electrons. The molecule has 1 aromatic heterocycles. The molecule has 0 aliphatic carbocycles. The van der Waals surface area contributed by atoms with Gasteiger partial charge in [0.25, 0.3) is 0 Å². The molecule has 1 saturated heterocycles. The zero-order valence-electron chi connectivity index (χ0n) is 16.5. The molecular formula is C21H28N2O3S2. The molecule has 1 aliphatic rings. The number of hydrogen-bond donors (Lipinski definition) is 0. The molecular weight excluding hydrogens is 392 g/mol. The zero-order chi connectivity index (χ0) is 19.8. The van der Waals surface area contributed by atoms with Gasteiger partial charge in [0.1, 0.15) is 16.9 Å². The van der Waals surface area contributed by atoms with E-state index in [1.165, 1.54) is 0 Å². The van der Waals surface area contributed by atoms with Crippen molar-refractivity contribution in [1.29, 1.82) is 0 Å². The molecule has 1 fully saturated rings. The summed E-state index contributed by atoms with van der Waals surface area (Å²) in [7, 11) is 4.06. The number of nitrogens with zero attached hydrogens (tertiary/aromatic N) is 2. The molecule has 0 N–H and O–H groups in total. The lowest BCUT2D eigenvalue weighted by molar-refractivity contribution is -0.128. The Morgan fingerprint density at radius 1 is 1.21 bits per heavy atom. The summed E-state index contributed by atoms with van der Waals surface area (Å²) in [6, 6.07) is 14.2. The smallest absolute Gasteiger partial charge is 0.233 e. The van der Waals surface area contributed by atoms with E-state index in [9.17, 15) is 4.79 Å². The van der Waals surface area contributed by atoms with E-state index >= 15 is 0 Å². The molecule has 7 heteroatoms. The van der Waals surface area contributed by atoms with Gasteiger partial charge in [-0.3, -0.25) is 4.79 Å². The molecule has 2 aromatic rings. The first-order valence-corrected chi connectivity index (χ1v) is 11.6. The van der Waals surface area contributed by atoms with Crippen molar-refractivity contribution in [2.45, 2.75) is 24.3 Å². The van der Waals surface area contributed by atoms with Crippen molar-refractivity contribution < 1.29 is 13.9 Å². The summed E-state index contributed by atoms with van der Waals surface area (Å²) in [4.78, 5) is 16.3. The molecule has 1 aliphatic heterocycles. The van der Waals surface area contributed by atoms with E-state index in [1.807, 2.05) is 49.3 Å². The maximum Gasteiger partial charge on any atom is 0.233 e. The standard InChI is InChI=1S/C21H28N2O3S2/c1-22(2)12-18-8-9-19(26-18)15-27-11-10-23-20(24)16-28-21(23)14-25-13-17-6-4-3-5-7-17/h3-9,21H,10-16H2,1-2H3. The van der Waals surface area contributed by atoms with Gasteiger partial charge in [0.15, 0.2) is 0 Å². The minimum absolute atomic E-state index is 0.118. The lowest BCUT2D eigenvalue weighted by atomic mass is 10.2. The highest BCUT2D eigenvalue weighted by molar-refractivity contribution is 8.01. The van der Waals surface area contributed by atoms with Crippen molar-refractivity contribution in [2.75, 3.05) is 38.8 Å². The molecule has 152 valence electrons. The van der Waals surface area contributed by atoms with Gasteiger partial charge in [-0.2, -0.15) is 11.8 Å². The summed E-state index contributed by atoms with van der Waals surface area (Å²) in [6.07, 6.45) is 0. The van der Waals surface area contributed by atoms with Gasteiger partial charge >= 0.3 is 0 Å². The maximum absolute atomic E-state index is 12.2. The van der Waals surface area contributed by atoms with Gasteiger partial charge < -0.3 is 19.0 Å². The van der Waals surface area contributed by atoms with Crippen molar-refractivity contribution >= 4 is 29.4 Å². The van der Waals surface area contributed by atoms with E-state index in [0.29, 0.717) is 19.0 Å². The first-order chi connectivity index (χ1) is 13.6. The fourth-order valence-electron chi connectivity index (χ4n) is 2.99. The summed E-state index contributed by atoms with van der Waals surface area (Å²) in [5.41, 5.74) is 1.16. The number of carbonyl (C=O) groups is 1. The van der Waals surface area contributed by atoms with Crippen LogP contribution >= 0.6 is 23.5 Å². The van der Waals surface area contributed by atoms with Crippen LogP contribution in [0.25, 0.3) is 0 Å². The number of amides is 1. The van der Waals surface area contributed by atoms with Crippen LogP contribution < -0.4 is 0 Å². The van der Waals surface area contributed by atoms with Crippen LogP contribution in [0.5, 0.6) is 0 Å². The quantitative estimate of drug-likeness (QED) is 0.517. The molecule has 28 heavy (non-hydrogen) atoms. The van der Waals surface area contributed by atoms with Crippen molar-refractivity contribution in [3.05, 3.63) is 59.5 Å². The van der Waals surface area contributed by atoms with Gasteiger partial charge in [-0.15, -0.1) is 11.8 Å². The molecule has 1 amide bonds. The Morgan fingerprint density at radius 3 is 2.79 bits per heavy atom. The van der Waals surface area contributed by atoms with E-state index in [1.54, 1.807) is 23.5 Å². The number of thioether (sulfide) groups is 2. The molecule has 3 rings (SSSR count). The summed E-state index contributed by atoms with van der Waals surface area (Å²) in [5, 5.41) is 0.118. The molecule has 1 atom stereocenters. The highest BCUT2D eigenvalue weighted by Gasteiger charge is 2.31. The lowest BCUT2D eigenvalue weighted by Crippen LogP contribution is -2.37. The Labute approximate surface area is 175 Å². The predicted molar refractivity (Wildman–Crippen MR) is 116 cm³/mol. The van der Waals surface area contributed by atoms with Crippen molar-refractivity contribution in [3.63, 3.8) is 0 Å². The van der Waals surface area contributed by atoms with Crippen LogP contribution in [0.2, 0.25) is 0 Å². The van der Waals surface area contributed by atoms with Crippen LogP contribution in [0.4, 0.5) is 0 Å². The van der Waals surface area contributed by atoms with E-state index in [4.69, 9.17) is 9.15 Å². The van der Waals surface area contributed by atoms with Gasteiger partial charge in [0.2, 0.25) is 5.91 Å². The molecule has 0 spiro atoms. The average molecular weight is 421 g/mol. The van der Waals surface area contributed by atoms with Crippen molar-refractivity contribution in [3.8, 4) is 0 Å². The number of furan rings is 1. The van der Waals surface area contributed by atoms with Gasteiger partial charge in [-0.1, -0.05) is 30.3 Å². The molecule has 5 nitrogen and oxygen atoms in total. The molecule has 1 unspecified atom stereocenters. The second kappa shape index (κ2) is 11.0. The highest BCUT2D eigenvalue weighted by atomic mass is 32.2. The zero-order valence-corrected chi connectivity index (χ0v) is 18.1. The van der Waals surface area contributed by atoms with Crippen LogP contribution in [-0.4, -0.2) is 59.8 Å². The van der Waals surface area contributed by atoms with Gasteiger partial charge in [-0.25, -0.2) is 0 Å². The first kappa shape index (κ1) is 21.3. The normalized spacial score (nSPS) is 17.0. The molecule has 1 aromatic carbocycles. The highest BCUT2D eigenvalue weighted by Crippen LogP contribution is 2.26. The summed E-state index contributed by atoms with van der Waals surface area (Å²) in [5.74, 6) is 4.47. The molecule has 0 saturated carbocycles. The minimum atomic E-state index is 0.118. The number of hydrogen-bond acceptors (Lipinski definition) is 6. The summed E-state index contributed by atoms with van der Waals surface area (Å²) in [6.45, 7) is 2.72. The van der Waals surface area contributed by atoms with E-state index in [0.717, 1.165) is 41.7 Å². The number of carbonyl (C=O) groups excluding carboxylic acids is 1. The first-order valence-electron chi connectivity index (χ1n) is 9.44. The fraction of sp³-hybridized carbons (Fsp3) is 0.476. The third-order valence-electron chi connectivity index (χ3n) is 4.35. The van der Waals surface area contributed by atoms with Crippen LogP contribution in [0, 0.1) is 0 Å². The number of rotatable bonds is 11. The molecule has 0 bridgehead atoms. The predicted octanol–water partition coefficient (Wildman–Crippen LogP) is 3.69. The van der Waals surface area contributed by atoms with Crippen LogP contribution in [0.3, 0.4) is 0 Å². The Balaban J connectivity index is 1.37. The third kappa shape index (κ3) is 6.58. The topological polar surface area (TPSA) is 45.9 Å². The second-order valence-electron chi connectivity index (χ2n) is 7.01. The monoisotopic (exact) mass is 420 g/mol. The third-order valence-corrected chi connectivity index (χ3v) is 6.50. The minimum Gasteiger partial charge on any atom is -0.464 e. The van der Waals surface area contributed by atoms with Crippen LogP contribution in [0.1, 0.15) is 17.1 Å². The fourth-order valence-corrected chi connectivity index (χ4v) is 4.91. The van der Waals surface area contributed by atoms with Crippen LogP contribution in [0.15, 0.2) is 46.9 Å². The molecule has 2 heterocycles. The number of ether oxygens (including phenoxy) is 1. The second-order valence-corrected chi connectivity index (χ2v) is 9.28. The van der Waals surface area contributed by atoms with Gasteiger partial charge in [-0.05, 0) is 31.8 Å². The average Bonchev–Trinajstić information content (AvgIpc) is 3.26. The lowest BCUT2D eigenvalue weighted by Gasteiger charge is -2.23. The van der Waals surface area contributed by atoms with Gasteiger partial charge in [0.05, 0.1) is 31.3 Å². The summed E-state index contributed by atoms with van der Waals surface area (Å²) < 4.78 is 11.7. The van der Waals surface area contributed by atoms with E-state index in [2.05, 4.69) is 17.0 Å². The Kier molecular flexibility index (Phi) is 8.33. The largest absolute Gasteiger partial charge is 0.464 e. The van der Waals surface area contributed by atoms with Gasteiger partial charge in [0, 0.05) is 12.3 Å². The summed E-state index contributed by atoms with van der Waals surface area (Å²) >= 11 is 3.47.